The molecule has 1 heterocycles. The molecule has 0 aliphatic rings. The number of ether oxygens (including phenoxy) is 2. The highest BCUT2D eigenvalue weighted by molar-refractivity contribution is 7.98. The van der Waals surface area contributed by atoms with Crippen LogP contribution in [0.3, 0.4) is 0 Å². The number of nitrogens with one attached hydrogen (secondary N) is 1. The molecular formula is C12H21N3O2S. The normalized spacial score (nSPS) is 12.2. The van der Waals surface area contributed by atoms with Gasteiger partial charge in [0.2, 0.25) is 11.8 Å². The quantitative estimate of drug-likeness (QED) is 0.777. The van der Waals surface area contributed by atoms with E-state index in [1.165, 1.54) is 6.33 Å². The van der Waals surface area contributed by atoms with E-state index in [9.17, 15) is 0 Å². The number of hydrogen-bond donors (Lipinski definition) is 1. The second-order valence-corrected chi connectivity index (χ2v) is 4.72. The molecule has 1 rings (SSSR count). The van der Waals surface area contributed by atoms with Crippen molar-refractivity contribution < 1.29 is 9.47 Å². The Hall–Kier alpha value is -1.01. The van der Waals surface area contributed by atoms with Gasteiger partial charge < -0.3 is 14.8 Å². The molecule has 0 aromatic carbocycles. The summed E-state index contributed by atoms with van der Waals surface area (Å²) in [6.07, 6.45) is 4.64. The van der Waals surface area contributed by atoms with Gasteiger partial charge in [0, 0.05) is 18.3 Å². The van der Waals surface area contributed by atoms with Crippen molar-refractivity contribution in [1.29, 1.82) is 0 Å². The first-order valence-corrected chi connectivity index (χ1v) is 7.30. The first kappa shape index (κ1) is 15.0. The van der Waals surface area contributed by atoms with E-state index in [0.717, 1.165) is 17.7 Å². The van der Waals surface area contributed by atoms with Crippen molar-refractivity contribution in [2.24, 2.45) is 0 Å². The SMILES string of the molecule is CCC(CSC)NCc1c(OC)ncnc1OC. The first-order valence-electron chi connectivity index (χ1n) is 5.90. The lowest BCUT2D eigenvalue weighted by molar-refractivity contribution is 0.357. The minimum atomic E-state index is 0.467. The number of methoxy groups -OCH3 is 2. The molecule has 1 aromatic heterocycles. The van der Waals surface area contributed by atoms with E-state index in [4.69, 9.17) is 9.47 Å². The summed E-state index contributed by atoms with van der Waals surface area (Å²) in [6, 6.07) is 0.467. The molecule has 0 aliphatic carbocycles. The van der Waals surface area contributed by atoms with Gasteiger partial charge in [-0.25, -0.2) is 9.97 Å². The lowest BCUT2D eigenvalue weighted by Crippen LogP contribution is -2.30. The highest BCUT2D eigenvalue weighted by Crippen LogP contribution is 2.23. The predicted molar refractivity (Wildman–Crippen MR) is 74.4 cm³/mol. The summed E-state index contributed by atoms with van der Waals surface area (Å²) in [4.78, 5) is 8.19. The monoisotopic (exact) mass is 271 g/mol. The molecule has 0 bridgehead atoms. The van der Waals surface area contributed by atoms with Crippen molar-refractivity contribution in [2.75, 3.05) is 26.2 Å². The highest BCUT2D eigenvalue weighted by Gasteiger charge is 2.14. The van der Waals surface area contributed by atoms with E-state index in [1.807, 2.05) is 11.8 Å². The number of rotatable bonds is 8. The summed E-state index contributed by atoms with van der Waals surface area (Å²) in [7, 11) is 3.20. The molecule has 6 heteroatoms. The van der Waals surface area contributed by atoms with Gasteiger partial charge >= 0.3 is 0 Å². The molecule has 0 aliphatic heterocycles. The lowest BCUT2D eigenvalue weighted by Gasteiger charge is -2.17. The molecule has 18 heavy (non-hydrogen) atoms. The Morgan fingerprint density at radius 2 is 1.89 bits per heavy atom. The van der Waals surface area contributed by atoms with E-state index in [-0.39, 0.29) is 0 Å². The average Bonchev–Trinajstić information content (AvgIpc) is 2.42. The topological polar surface area (TPSA) is 56.3 Å². The maximum absolute atomic E-state index is 5.24. The van der Waals surface area contributed by atoms with E-state index < -0.39 is 0 Å². The zero-order valence-electron chi connectivity index (χ0n) is 11.4. The fraction of sp³-hybridized carbons (Fsp3) is 0.667. The minimum Gasteiger partial charge on any atom is -0.481 e. The summed E-state index contributed by atoms with van der Waals surface area (Å²) in [5.41, 5.74) is 0.863. The zero-order chi connectivity index (χ0) is 13.4. The van der Waals surface area contributed by atoms with Crippen LogP contribution < -0.4 is 14.8 Å². The van der Waals surface area contributed by atoms with Gasteiger partial charge in [-0.1, -0.05) is 6.92 Å². The van der Waals surface area contributed by atoms with Gasteiger partial charge in [0.1, 0.15) is 6.33 Å². The lowest BCUT2D eigenvalue weighted by atomic mass is 10.2. The average molecular weight is 271 g/mol. The molecule has 0 fully saturated rings. The molecule has 0 saturated heterocycles. The van der Waals surface area contributed by atoms with Crippen LogP contribution in [0.4, 0.5) is 0 Å². The smallest absolute Gasteiger partial charge is 0.224 e. The largest absolute Gasteiger partial charge is 0.481 e. The third kappa shape index (κ3) is 4.03. The summed E-state index contributed by atoms with van der Waals surface area (Å²) in [5.74, 6) is 2.20. The highest BCUT2D eigenvalue weighted by atomic mass is 32.2. The Labute approximate surface area is 113 Å². The number of aromatic nitrogens is 2. The van der Waals surface area contributed by atoms with Crippen molar-refractivity contribution in [3.05, 3.63) is 11.9 Å². The van der Waals surface area contributed by atoms with Crippen LogP contribution in [-0.2, 0) is 6.54 Å². The van der Waals surface area contributed by atoms with Crippen molar-refractivity contribution in [3.63, 3.8) is 0 Å². The molecule has 0 radical (unpaired) electrons. The summed E-state index contributed by atoms with van der Waals surface area (Å²) in [5, 5.41) is 3.48. The Morgan fingerprint density at radius 1 is 1.28 bits per heavy atom. The third-order valence-corrected chi connectivity index (χ3v) is 3.42. The number of nitrogens with zero attached hydrogens (tertiary/aromatic N) is 2. The van der Waals surface area contributed by atoms with E-state index in [0.29, 0.717) is 24.3 Å². The van der Waals surface area contributed by atoms with Gasteiger partial charge in [-0.3, -0.25) is 0 Å². The molecule has 5 nitrogen and oxygen atoms in total. The maximum atomic E-state index is 5.24. The zero-order valence-corrected chi connectivity index (χ0v) is 12.2. The molecule has 0 spiro atoms. The third-order valence-electron chi connectivity index (χ3n) is 2.68. The first-order chi connectivity index (χ1) is 8.76. The summed E-state index contributed by atoms with van der Waals surface area (Å²) >= 11 is 1.83. The summed E-state index contributed by atoms with van der Waals surface area (Å²) in [6.45, 7) is 2.82. The fourth-order valence-corrected chi connectivity index (χ4v) is 2.41. The number of thioether (sulfide) groups is 1. The van der Waals surface area contributed by atoms with E-state index in [1.54, 1.807) is 14.2 Å². The second-order valence-electron chi connectivity index (χ2n) is 3.81. The molecule has 1 aromatic rings. The Morgan fingerprint density at radius 3 is 2.33 bits per heavy atom. The van der Waals surface area contributed by atoms with Crippen LogP contribution >= 0.6 is 11.8 Å². The standard InChI is InChI=1S/C12H21N3O2S/c1-5-9(7-18-4)13-6-10-11(16-2)14-8-15-12(10)17-3/h8-9,13H,5-7H2,1-4H3. The van der Waals surface area contributed by atoms with Crippen molar-refractivity contribution >= 4 is 11.8 Å². The van der Waals surface area contributed by atoms with Gasteiger partial charge in [-0.05, 0) is 12.7 Å². The van der Waals surface area contributed by atoms with Crippen LogP contribution in [0.5, 0.6) is 11.8 Å². The maximum Gasteiger partial charge on any atom is 0.224 e. The minimum absolute atomic E-state index is 0.467. The van der Waals surface area contributed by atoms with Crippen molar-refractivity contribution in [3.8, 4) is 11.8 Å². The van der Waals surface area contributed by atoms with Gasteiger partial charge in [0.25, 0.3) is 0 Å². The van der Waals surface area contributed by atoms with Crippen molar-refractivity contribution in [1.82, 2.24) is 15.3 Å². The predicted octanol–water partition coefficient (Wildman–Crippen LogP) is 1.73. The second kappa shape index (κ2) is 8.16. The van der Waals surface area contributed by atoms with Crippen LogP contribution in [0.2, 0.25) is 0 Å². The van der Waals surface area contributed by atoms with Crippen LogP contribution in [0.15, 0.2) is 6.33 Å². The van der Waals surface area contributed by atoms with Crippen LogP contribution in [-0.4, -0.2) is 42.2 Å². The van der Waals surface area contributed by atoms with E-state index >= 15 is 0 Å². The van der Waals surface area contributed by atoms with Gasteiger partial charge in [0.15, 0.2) is 0 Å². The van der Waals surface area contributed by atoms with Gasteiger partial charge in [0.05, 0.1) is 19.8 Å². The molecule has 0 amide bonds. The van der Waals surface area contributed by atoms with Crippen molar-refractivity contribution in [2.45, 2.75) is 25.9 Å². The van der Waals surface area contributed by atoms with Crippen LogP contribution in [0, 0.1) is 0 Å². The molecule has 1 unspecified atom stereocenters. The van der Waals surface area contributed by atoms with Gasteiger partial charge in [-0.2, -0.15) is 11.8 Å². The molecular weight excluding hydrogens is 250 g/mol. The molecule has 0 saturated carbocycles. The Kier molecular flexibility index (Phi) is 6.82. The Balaban J connectivity index is 2.75. The fourth-order valence-electron chi connectivity index (χ4n) is 1.65. The Bertz CT molecular complexity index is 341. The van der Waals surface area contributed by atoms with E-state index in [2.05, 4.69) is 28.5 Å². The van der Waals surface area contributed by atoms with Crippen LogP contribution in [0.25, 0.3) is 0 Å². The number of hydrogen-bond acceptors (Lipinski definition) is 6. The summed E-state index contributed by atoms with van der Waals surface area (Å²) < 4.78 is 10.5. The molecule has 1 atom stereocenters. The molecule has 1 N–H and O–H groups in total. The van der Waals surface area contributed by atoms with Gasteiger partial charge in [-0.15, -0.1) is 0 Å². The van der Waals surface area contributed by atoms with Crippen LogP contribution in [0.1, 0.15) is 18.9 Å². The molecule has 102 valence electrons.